The van der Waals surface area contributed by atoms with E-state index in [1.165, 1.54) is 0 Å². The second-order valence-electron chi connectivity index (χ2n) is 3.78. The molecule has 19 heavy (non-hydrogen) atoms. The molecule has 0 amide bonds. The molecule has 0 saturated heterocycles. The van der Waals surface area contributed by atoms with Crippen LogP contribution in [0.1, 0.15) is 5.56 Å². The Morgan fingerprint density at radius 3 is 2.63 bits per heavy atom. The second kappa shape index (κ2) is 5.83. The molecule has 0 heterocycles. The van der Waals surface area contributed by atoms with Crippen molar-refractivity contribution in [2.75, 3.05) is 12.4 Å². The normalized spacial score (nSPS) is 9.79. The number of nitrogens with zero attached hydrogens (tertiary/aromatic N) is 1. The molecular formula is C14H10Cl2N2O. The third kappa shape index (κ3) is 3.11. The summed E-state index contributed by atoms with van der Waals surface area (Å²) in [5, 5.41) is 13.3. The maximum absolute atomic E-state index is 9.07. The first-order chi connectivity index (χ1) is 9.13. The third-order valence-corrected chi connectivity index (χ3v) is 3.08. The number of ether oxygens (including phenoxy) is 1. The van der Waals surface area contributed by atoms with Gasteiger partial charge in [0.2, 0.25) is 0 Å². The van der Waals surface area contributed by atoms with E-state index in [2.05, 4.69) is 11.4 Å². The lowest BCUT2D eigenvalue weighted by atomic mass is 10.2. The van der Waals surface area contributed by atoms with Gasteiger partial charge in [0.1, 0.15) is 11.8 Å². The van der Waals surface area contributed by atoms with Gasteiger partial charge in [-0.05, 0) is 30.3 Å². The molecule has 0 bridgehead atoms. The molecule has 5 heteroatoms. The van der Waals surface area contributed by atoms with Crippen LogP contribution >= 0.6 is 23.2 Å². The fourth-order valence-electron chi connectivity index (χ4n) is 1.61. The van der Waals surface area contributed by atoms with Crippen LogP contribution in [0, 0.1) is 11.3 Å². The summed E-state index contributed by atoms with van der Waals surface area (Å²) in [7, 11) is 1.55. The average Bonchev–Trinajstić information content (AvgIpc) is 2.42. The van der Waals surface area contributed by atoms with E-state index < -0.39 is 0 Å². The van der Waals surface area contributed by atoms with Gasteiger partial charge in [-0.2, -0.15) is 5.26 Å². The zero-order chi connectivity index (χ0) is 13.8. The summed E-state index contributed by atoms with van der Waals surface area (Å²) in [6.45, 7) is 0. The molecule has 0 radical (unpaired) electrons. The van der Waals surface area contributed by atoms with Crippen LogP contribution in [0.25, 0.3) is 0 Å². The van der Waals surface area contributed by atoms with E-state index in [4.69, 9.17) is 33.2 Å². The van der Waals surface area contributed by atoms with Gasteiger partial charge >= 0.3 is 0 Å². The number of rotatable bonds is 3. The molecule has 0 saturated carbocycles. The minimum absolute atomic E-state index is 0.474. The number of benzene rings is 2. The molecule has 0 aliphatic carbocycles. The number of methoxy groups -OCH3 is 1. The van der Waals surface area contributed by atoms with Crippen molar-refractivity contribution in [1.82, 2.24) is 0 Å². The summed E-state index contributed by atoms with van der Waals surface area (Å²) >= 11 is 11.8. The molecule has 96 valence electrons. The lowest BCUT2D eigenvalue weighted by Crippen LogP contribution is -1.94. The van der Waals surface area contributed by atoms with E-state index in [1.807, 2.05) is 0 Å². The number of anilines is 2. The second-order valence-corrected chi connectivity index (χ2v) is 4.62. The maximum Gasteiger partial charge on any atom is 0.139 e. The summed E-state index contributed by atoms with van der Waals surface area (Å²) in [6, 6.07) is 12.5. The smallest absolute Gasteiger partial charge is 0.139 e. The fraction of sp³-hybridized carbons (Fsp3) is 0.0714. The van der Waals surface area contributed by atoms with Gasteiger partial charge in [-0.1, -0.05) is 23.2 Å². The highest BCUT2D eigenvalue weighted by molar-refractivity contribution is 6.32. The minimum atomic E-state index is 0.474. The third-order valence-electron chi connectivity index (χ3n) is 2.53. The van der Waals surface area contributed by atoms with Gasteiger partial charge in [-0.15, -0.1) is 0 Å². The first-order valence-electron chi connectivity index (χ1n) is 5.44. The Hall–Kier alpha value is -1.89. The number of nitriles is 1. The Balaban J connectivity index is 2.34. The summed E-state index contributed by atoms with van der Waals surface area (Å²) in [6.07, 6.45) is 0. The van der Waals surface area contributed by atoms with E-state index in [0.717, 1.165) is 5.69 Å². The van der Waals surface area contributed by atoms with Crippen LogP contribution in [0.2, 0.25) is 10.0 Å². The van der Waals surface area contributed by atoms with E-state index in [1.54, 1.807) is 43.5 Å². The monoisotopic (exact) mass is 292 g/mol. The first-order valence-corrected chi connectivity index (χ1v) is 6.20. The average molecular weight is 293 g/mol. The van der Waals surface area contributed by atoms with Crippen molar-refractivity contribution in [1.29, 1.82) is 5.26 Å². The Morgan fingerprint density at radius 1 is 1.16 bits per heavy atom. The molecular weight excluding hydrogens is 283 g/mol. The molecule has 0 fully saturated rings. The number of hydrogen-bond donors (Lipinski definition) is 1. The lowest BCUT2D eigenvalue weighted by molar-refractivity contribution is 0.415. The highest BCUT2D eigenvalue weighted by atomic mass is 35.5. The SMILES string of the molecule is COc1cc(Nc2ccc(Cl)cc2C#N)ccc1Cl. The predicted molar refractivity (Wildman–Crippen MR) is 77.5 cm³/mol. The van der Waals surface area contributed by atoms with E-state index in [9.17, 15) is 0 Å². The van der Waals surface area contributed by atoms with Crippen LogP contribution in [-0.2, 0) is 0 Å². The van der Waals surface area contributed by atoms with Gasteiger partial charge in [-0.25, -0.2) is 0 Å². The van der Waals surface area contributed by atoms with Gasteiger partial charge in [0.15, 0.2) is 0 Å². The van der Waals surface area contributed by atoms with Crippen molar-refractivity contribution in [3.05, 3.63) is 52.0 Å². The van der Waals surface area contributed by atoms with Crippen molar-refractivity contribution in [3.8, 4) is 11.8 Å². The molecule has 2 aromatic carbocycles. The van der Waals surface area contributed by atoms with Crippen LogP contribution in [0.4, 0.5) is 11.4 Å². The largest absolute Gasteiger partial charge is 0.495 e. The van der Waals surface area contributed by atoms with Crippen molar-refractivity contribution < 1.29 is 4.74 Å². The van der Waals surface area contributed by atoms with Crippen molar-refractivity contribution in [2.45, 2.75) is 0 Å². The van der Waals surface area contributed by atoms with Crippen LogP contribution in [0.3, 0.4) is 0 Å². The van der Waals surface area contributed by atoms with E-state index in [0.29, 0.717) is 27.0 Å². The van der Waals surface area contributed by atoms with Crippen molar-refractivity contribution >= 4 is 34.6 Å². The summed E-state index contributed by atoms with van der Waals surface area (Å²) in [5.41, 5.74) is 1.93. The number of hydrogen-bond acceptors (Lipinski definition) is 3. The van der Waals surface area contributed by atoms with Crippen LogP contribution in [-0.4, -0.2) is 7.11 Å². The molecule has 2 rings (SSSR count). The topological polar surface area (TPSA) is 45.0 Å². The van der Waals surface area contributed by atoms with Gasteiger partial charge < -0.3 is 10.1 Å². The van der Waals surface area contributed by atoms with E-state index >= 15 is 0 Å². The molecule has 0 atom stereocenters. The number of halogens is 2. The molecule has 0 aliphatic rings. The quantitative estimate of drug-likeness (QED) is 0.898. The zero-order valence-electron chi connectivity index (χ0n) is 10.1. The molecule has 1 N–H and O–H groups in total. The van der Waals surface area contributed by atoms with Gasteiger partial charge in [-0.3, -0.25) is 0 Å². The number of nitrogens with one attached hydrogen (secondary N) is 1. The molecule has 3 nitrogen and oxygen atoms in total. The summed E-state index contributed by atoms with van der Waals surface area (Å²) < 4.78 is 5.14. The highest BCUT2D eigenvalue weighted by Crippen LogP contribution is 2.30. The van der Waals surface area contributed by atoms with Crippen LogP contribution in [0.5, 0.6) is 5.75 Å². The van der Waals surface area contributed by atoms with Gasteiger partial charge in [0.05, 0.1) is 23.4 Å². The van der Waals surface area contributed by atoms with Crippen LogP contribution < -0.4 is 10.1 Å². The highest BCUT2D eigenvalue weighted by Gasteiger charge is 2.06. The van der Waals surface area contributed by atoms with Gasteiger partial charge in [0, 0.05) is 16.8 Å². The molecule has 0 aliphatic heterocycles. The van der Waals surface area contributed by atoms with Crippen molar-refractivity contribution in [2.24, 2.45) is 0 Å². The molecule has 0 spiro atoms. The summed E-state index contributed by atoms with van der Waals surface area (Å²) in [4.78, 5) is 0. The molecule has 0 unspecified atom stereocenters. The van der Waals surface area contributed by atoms with Crippen molar-refractivity contribution in [3.63, 3.8) is 0 Å². The Kier molecular flexibility index (Phi) is 4.16. The lowest BCUT2D eigenvalue weighted by Gasteiger charge is -2.10. The van der Waals surface area contributed by atoms with Crippen LogP contribution in [0.15, 0.2) is 36.4 Å². The Labute approximate surface area is 121 Å². The summed E-state index contributed by atoms with van der Waals surface area (Å²) in [5.74, 6) is 0.569. The zero-order valence-corrected chi connectivity index (χ0v) is 11.6. The predicted octanol–water partition coefficient (Wildman–Crippen LogP) is 4.62. The van der Waals surface area contributed by atoms with Gasteiger partial charge in [0.25, 0.3) is 0 Å². The molecule has 0 aromatic heterocycles. The fourth-order valence-corrected chi connectivity index (χ4v) is 1.98. The minimum Gasteiger partial charge on any atom is -0.495 e. The molecule has 2 aromatic rings. The first kappa shape index (κ1) is 13.5. The Bertz CT molecular complexity index is 650. The standard InChI is InChI=1S/C14H10Cl2N2O/c1-19-14-7-11(3-4-12(14)16)18-13-5-2-10(15)6-9(13)8-17/h2-7,18H,1H3. The maximum atomic E-state index is 9.07. The Morgan fingerprint density at radius 2 is 1.95 bits per heavy atom. The van der Waals surface area contributed by atoms with E-state index in [-0.39, 0.29) is 0 Å².